The van der Waals surface area contributed by atoms with Crippen molar-refractivity contribution in [1.29, 1.82) is 0 Å². The highest BCUT2D eigenvalue weighted by molar-refractivity contribution is 6.30. The SMILES string of the molecule is C[C@@H](NC(=O)CCCNC(=O)c1ccc(Cl)cc1)[C@H]1C[C@H]2CC[C@H]1C2. The number of hydrogen-bond acceptors (Lipinski definition) is 2. The molecule has 2 saturated carbocycles. The zero-order valence-electron chi connectivity index (χ0n) is 14.8. The molecule has 5 heteroatoms. The van der Waals surface area contributed by atoms with Crippen molar-refractivity contribution in [2.45, 2.75) is 51.5 Å². The van der Waals surface area contributed by atoms with Gasteiger partial charge in [0, 0.05) is 29.6 Å². The fourth-order valence-electron chi connectivity index (χ4n) is 4.49. The lowest BCUT2D eigenvalue weighted by Gasteiger charge is -2.28. The van der Waals surface area contributed by atoms with Crippen molar-refractivity contribution >= 4 is 23.4 Å². The third-order valence-corrected chi connectivity index (χ3v) is 6.05. The number of fused-ring (bicyclic) bond motifs is 2. The topological polar surface area (TPSA) is 58.2 Å². The lowest BCUT2D eigenvalue weighted by Crippen LogP contribution is -2.40. The van der Waals surface area contributed by atoms with Crippen LogP contribution in [0.2, 0.25) is 5.02 Å². The Morgan fingerprint density at radius 2 is 1.96 bits per heavy atom. The largest absolute Gasteiger partial charge is 0.353 e. The van der Waals surface area contributed by atoms with Gasteiger partial charge < -0.3 is 10.6 Å². The summed E-state index contributed by atoms with van der Waals surface area (Å²) in [6.45, 7) is 2.64. The highest BCUT2D eigenvalue weighted by Crippen LogP contribution is 2.49. The fraction of sp³-hybridized carbons (Fsp3) is 0.600. The van der Waals surface area contributed by atoms with E-state index in [4.69, 9.17) is 11.6 Å². The summed E-state index contributed by atoms with van der Waals surface area (Å²) in [4.78, 5) is 24.1. The molecule has 4 atom stereocenters. The van der Waals surface area contributed by atoms with Gasteiger partial charge in [0.2, 0.25) is 5.91 Å². The molecule has 1 aromatic carbocycles. The Bertz CT molecular complexity index is 617. The van der Waals surface area contributed by atoms with Gasteiger partial charge in [0.15, 0.2) is 0 Å². The second-order valence-electron chi connectivity index (χ2n) is 7.56. The average Bonchev–Trinajstić information content (AvgIpc) is 3.22. The molecular weight excluding hydrogens is 336 g/mol. The smallest absolute Gasteiger partial charge is 0.251 e. The predicted octanol–water partition coefficient (Wildman–Crippen LogP) is 3.79. The Balaban J connectivity index is 1.32. The summed E-state index contributed by atoms with van der Waals surface area (Å²) in [5.74, 6) is 2.34. The Morgan fingerprint density at radius 1 is 1.20 bits per heavy atom. The first-order valence-corrected chi connectivity index (χ1v) is 9.74. The van der Waals surface area contributed by atoms with Gasteiger partial charge in [-0.1, -0.05) is 18.0 Å². The molecule has 2 N–H and O–H groups in total. The van der Waals surface area contributed by atoms with Gasteiger partial charge in [0.1, 0.15) is 0 Å². The number of benzene rings is 1. The van der Waals surface area contributed by atoms with Gasteiger partial charge in [0.25, 0.3) is 5.91 Å². The Labute approximate surface area is 154 Å². The van der Waals surface area contributed by atoms with Crippen molar-refractivity contribution < 1.29 is 9.59 Å². The minimum Gasteiger partial charge on any atom is -0.353 e. The summed E-state index contributed by atoms with van der Waals surface area (Å²) in [5.41, 5.74) is 0.582. The molecule has 0 saturated heterocycles. The van der Waals surface area contributed by atoms with Crippen LogP contribution in [-0.4, -0.2) is 24.4 Å². The van der Waals surface area contributed by atoms with Crippen LogP contribution >= 0.6 is 11.6 Å². The molecule has 0 radical (unpaired) electrons. The molecule has 3 rings (SSSR count). The Hall–Kier alpha value is -1.55. The number of carbonyl (C=O) groups excluding carboxylic acids is 2. The summed E-state index contributed by atoms with van der Waals surface area (Å²) in [7, 11) is 0. The fourth-order valence-corrected chi connectivity index (χ4v) is 4.62. The molecule has 1 aromatic rings. The minimum atomic E-state index is -0.132. The maximum Gasteiger partial charge on any atom is 0.251 e. The molecule has 0 heterocycles. The second-order valence-corrected chi connectivity index (χ2v) is 8.00. The van der Waals surface area contributed by atoms with Crippen LogP contribution in [-0.2, 0) is 4.79 Å². The summed E-state index contributed by atoms with van der Waals surface area (Å²) in [5, 5.41) is 6.62. The van der Waals surface area contributed by atoms with E-state index < -0.39 is 0 Å². The molecule has 0 spiro atoms. The molecule has 2 amide bonds. The lowest BCUT2D eigenvalue weighted by molar-refractivity contribution is -0.122. The summed E-state index contributed by atoms with van der Waals surface area (Å²) >= 11 is 5.81. The van der Waals surface area contributed by atoms with Crippen LogP contribution < -0.4 is 10.6 Å². The van der Waals surface area contributed by atoms with Crippen molar-refractivity contribution in [2.75, 3.05) is 6.54 Å². The van der Waals surface area contributed by atoms with E-state index in [1.807, 2.05) is 0 Å². The molecule has 25 heavy (non-hydrogen) atoms. The average molecular weight is 363 g/mol. The van der Waals surface area contributed by atoms with Crippen molar-refractivity contribution in [1.82, 2.24) is 10.6 Å². The van der Waals surface area contributed by atoms with Crippen molar-refractivity contribution in [3.63, 3.8) is 0 Å². The number of halogens is 1. The number of rotatable bonds is 7. The van der Waals surface area contributed by atoms with Gasteiger partial charge in [-0.15, -0.1) is 0 Å². The van der Waals surface area contributed by atoms with E-state index in [1.54, 1.807) is 24.3 Å². The molecule has 2 bridgehead atoms. The first kappa shape index (κ1) is 18.2. The van der Waals surface area contributed by atoms with Crippen LogP contribution in [0, 0.1) is 17.8 Å². The lowest BCUT2D eigenvalue weighted by atomic mass is 9.84. The Morgan fingerprint density at radius 3 is 2.60 bits per heavy atom. The maximum absolute atomic E-state index is 12.1. The van der Waals surface area contributed by atoms with E-state index in [0.717, 1.165) is 11.8 Å². The second kappa shape index (κ2) is 8.22. The molecule has 0 unspecified atom stereocenters. The zero-order chi connectivity index (χ0) is 17.8. The number of hydrogen-bond donors (Lipinski definition) is 2. The predicted molar refractivity (Wildman–Crippen MR) is 99.6 cm³/mol. The monoisotopic (exact) mass is 362 g/mol. The van der Waals surface area contributed by atoms with Gasteiger partial charge in [-0.3, -0.25) is 9.59 Å². The van der Waals surface area contributed by atoms with Crippen LogP contribution in [0.5, 0.6) is 0 Å². The van der Waals surface area contributed by atoms with Crippen molar-refractivity contribution in [3.8, 4) is 0 Å². The number of carbonyl (C=O) groups is 2. The first-order chi connectivity index (χ1) is 12.0. The highest BCUT2D eigenvalue weighted by Gasteiger charge is 2.41. The van der Waals surface area contributed by atoms with Crippen molar-refractivity contribution in [3.05, 3.63) is 34.9 Å². The molecule has 2 fully saturated rings. The molecular formula is C20H27ClN2O2. The van der Waals surface area contributed by atoms with E-state index >= 15 is 0 Å². The highest BCUT2D eigenvalue weighted by atomic mass is 35.5. The third-order valence-electron chi connectivity index (χ3n) is 5.80. The minimum absolute atomic E-state index is 0.0935. The van der Waals surface area contributed by atoms with Gasteiger partial charge in [-0.25, -0.2) is 0 Å². The van der Waals surface area contributed by atoms with Gasteiger partial charge in [-0.2, -0.15) is 0 Å². The maximum atomic E-state index is 12.1. The van der Waals surface area contributed by atoms with Crippen LogP contribution in [0.4, 0.5) is 0 Å². The van der Waals surface area contributed by atoms with Crippen LogP contribution in [0.25, 0.3) is 0 Å². The summed E-state index contributed by atoms with van der Waals surface area (Å²) in [6, 6.07) is 7.05. The first-order valence-electron chi connectivity index (χ1n) is 9.36. The summed E-state index contributed by atoms with van der Waals surface area (Å²) < 4.78 is 0. The van der Waals surface area contributed by atoms with E-state index in [1.165, 1.54) is 25.7 Å². The number of nitrogens with one attached hydrogen (secondary N) is 2. The molecule has 4 nitrogen and oxygen atoms in total. The van der Waals surface area contributed by atoms with Crippen LogP contribution in [0.3, 0.4) is 0 Å². The van der Waals surface area contributed by atoms with Gasteiger partial charge >= 0.3 is 0 Å². The Kier molecular flexibility index (Phi) is 6.00. The quantitative estimate of drug-likeness (QED) is 0.725. The third kappa shape index (κ3) is 4.75. The van der Waals surface area contributed by atoms with Gasteiger partial charge in [0.05, 0.1) is 0 Å². The number of amides is 2. The van der Waals surface area contributed by atoms with Crippen molar-refractivity contribution in [2.24, 2.45) is 17.8 Å². The van der Waals surface area contributed by atoms with Crippen LogP contribution in [0.1, 0.15) is 55.8 Å². The molecule has 2 aliphatic rings. The molecule has 2 aliphatic carbocycles. The van der Waals surface area contributed by atoms with E-state index in [9.17, 15) is 9.59 Å². The zero-order valence-corrected chi connectivity index (χ0v) is 15.5. The molecule has 136 valence electrons. The van der Waals surface area contributed by atoms with E-state index in [2.05, 4.69) is 17.6 Å². The normalized spacial score (nSPS) is 25.6. The van der Waals surface area contributed by atoms with E-state index in [0.29, 0.717) is 35.9 Å². The van der Waals surface area contributed by atoms with Crippen LogP contribution in [0.15, 0.2) is 24.3 Å². The summed E-state index contributed by atoms with van der Waals surface area (Å²) in [6.07, 6.45) is 6.47. The standard InChI is InChI=1S/C20H27ClN2O2/c1-13(18-12-14-4-5-16(18)11-14)23-19(24)3-2-10-22-20(25)15-6-8-17(21)9-7-15/h6-9,13-14,16,18H,2-5,10-12H2,1H3,(H,22,25)(H,23,24)/t13-,14+,16+,18-/m1/s1. The van der Waals surface area contributed by atoms with E-state index in [-0.39, 0.29) is 17.9 Å². The van der Waals surface area contributed by atoms with Gasteiger partial charge in [-0.05, 0) is 74.6 Å². The molecule has 0 aliphatic heterocycles. The molecule has 0 aromatic heterocycles.